The quantitative estimate of drug-likeness (QED) is 0.852. The summed E-state index contributed by atoms with van der Waals surface area (Å²) in [4.78, 5) is 23.0. The van der Waals surface area contributed by atoms with Gasteiger partial charge >= 0.3 is 0 Å². The summed E-state index contributed by atoms with van der Waals surface area (Å²) in [7, 11) is 0. The van der Waals surface area contributed by atoms with Gasteiger partial charge in [-0.15, -0.1) is 0 Å². The van der Waals surface area contributed by atoms with Crippen molar-refractivity contribution in [2.75, 3.05) is 11.9 Å². The smallest absolute Gasteiger partial charge is 0.262 e. The van der Waals surface area contributed by atoms with E-state index in [1.807, 2.05) is 6.92 Å². The number of amides is 1. The van der Waals surface area contributed by atoms with Gasteiger partial charge in [0.25, 0.3) is 5.91 Å². The molecule has 1 amide bonds. The third kappa shape index (κ3) is 4.33. The lowest BCUT2D eigenvalue weighted by atomic mass is 10.1. The molecule has 4 nitrogen and oxygen atoms in total. The van der Waals surface area contributed by atoms with E-state index in [1.54, 1.807) is 42.5 Å². The van der Waals surface area contributed by atoms with E-state index in [9.17, 15) is 9.59 Å². The number of carbonyl (C=O) groups excluding carboxylic acids is 2. The molecule has 22 heavy (non-hydrogen) atoms. The standard InChI is InChI=1S/C17H16ClNO3/c1-11-9-14(18)5-8-16(11)19-17(21)10-22-15-6-3-13(4-7-15)12(2)20/h3-9H,10H2,1-2H3,(H,19,21). The number of hydrogen-bond acceptors (Lipinski definition) is 3. The van der Waals surface area contributed by atoms with Gasteiger partial charge in [0.15, 0.2) is 12.4 Å². The topological polar surface area (TPSA) is 55.4 Å². The maximum absolute atomic E-state index is 11.9. The van der Waals surface area contributed by atoms with Crippen molar-refractivity contribution in [1.82, 2.24) is 0 Å². The van der Waals surface area contributed by atoms with E-state index < -0.39 is 0 Å². The van der Waals surface area contributed by atoms with Crippen LogP contribution < -0.4 is 10.1 Å². The lowest BCUT2D eigenvalue weighted by molar-refractivity contribution is -0.118. The molecule has 5 heteroatoms. The van der Waals surface area contributed by atoms with Crippen LogP contribution in [0.3, 0.4) is 0 Å². The molecular weight excluding hydrogens is 302 g/mol. The van der Waals surface area contributed by atoms with Crippen molar-refractivity contribution in [3.8, 4) is 5.75 Å². The number of rotatable bonds is 5. The average Bonchev–Trinajstić information content (AvgIpc) is 2.48. The van der Waals surface area contributed by atoms with E-state index >= 15 is 0 Å². The molecule has 0 atom stereocenters. The summed E-state index contributed by atoms with van der Waals surface area (Å²) in [5.41, 5.74) is 2.19. The number of benzene rings is 2. The first-order valence-corrected chi connectivity index (χ1v) is 7.13. The van der Waals surface area contributed by atoms with E-state index in [1.165, 1.54) is 6.92 Å². The highest BCUT2D eigenvalue weighted by molar-refractivity contribution is 6.30. The fourth-order valence-electron chi connectivity index (χ4n) is 1.89. The van der Waals surface area contributed by atoms with Crippen molar-refractivity contribution in [1.29, 1.82) is 0 Å². The van der Waals surface area contributed by atoms with Crippen LogP contribution in [0, 0.1) is 6.92 Å². The number of carbonyl (C=O) groups is 2. The van der Waals surface area contributed by atoms with E-state index in [4.69, 9.17) is 16.3 Å². The van der Waals surface area contributed by atoms with Crippen LogP contribution in [0.1, 0.15) is 22.8 Å². The van der Waals surface area contributed by atoms with Crippen LogP contribution in [0.25, 0.3) is 0 Å². The first-order valence-electron chi connectivity index (χ1n) is 6.75. The largest absolute Gasteiger partial charge is 0.484 e. The van der Waals surface area contributed by atoms with E-state index in [-0.39, 0.29) is 18.3 Å². The van der Waals surface area contributed by atoms with Gasteiger partial charge < -0.3 is 10.1 Å². The van der Waals surface area contributed by atoms with Crippen LogP contribution >= 0.6 is 11.6 Å². The van der Waals surface area contributed by atoms with Crippen LogP contribution in [0.15, 0.2) is 42.5 Å². The fraction of sp³-hybridized carbons (Fsp3) is 0.176. The maximum Gasteiger partial charge on any atom is 0.262 e. The van der Waals surface area contributed by atoms with Crippen molar-refractivity contribution in [2.24, 2.45) is 0 Å². The van der Waals surface area contributed by atoms with Crippen molar-refractivity contribution in [3.63, 3.8) is 0 Å². The SMILES string of the molecule is CC(=O)c1ccc(OCC(=O)Nc2ccc(Cl)cc2C)cc1. The number of halogens is 1. The zero-order valence-corrected chi connectivity index (χ0v) is 13.1. The molecule has 2 aromatic rings. The molecule has 0 spiro atoms. The minimum atomic E-state index is -0.263. The lowest BCUT2D eigenvalue weighted by Gasteiger charge is -2.10. The van der Waals surface area contributed by atoms with Crippen LogP contribution in [-0.4, -0.2) is 18.3 Å². The Morgan fingerprint density at radius 1 is 1.14 bits per heavy atom. The zero-order valence-electron chi connectivity index (χ0n) is 12.4. The summed E-state index contributed by atoms with van der Waals surface area (Å²) >= 11 is 5.87. The number of nitrogens with one attached hydrogen (secondary N) is 1. The van der Waals surface area contributed by atoms with Gasteiger partial charge in [-0.25, -0.2) is 0 Å². The second-order valence-corrected chi connectivity index (χ2v) is 5.31. The Kier molecular flexibility index (Phi) is 5.17. The van der Waals surface area contributed by atoms with Gasteiger partial charge in [-0.3, -0.25) is 9.59 Å². The minimum Gasteiger partial charge on any atom is -0.484 e. The highest BCUT2D eigenvalue weighted by atomic mass is 35.5. The molecule has 0 aliphatic rings. The first kappa shape index (κ1) is 16.0. The summed E-state index contributed by atoms with van der Waals surface area (Å²) in [6, 6.07) is 11.9. The molecule has 0 radical (unpaired) electrons. The Morgan fingerprint density at radius 2 is 1.82 bits per heavy atom. The van der Waals surface area contributed by atoms with Crippen LogP contribution in [0.2, 0.25) is 5.02 Å². The maximum atomic E-state index is 11.9. The van der Waals surface area contributed by atoms with Crippen LogP contribution in [0.4, 0.5) is 5.69 Å². The van der Waals surface area contributed by atoms with Gasteiger partial charge in [0.05, 0.1) is 0 Å². The van der Waals surface area contributed by atoms with Gasteiger partial charge in [-0.2, -0.15) is 0 Å². The van der Waals surface area contributed by atoms with Gasteiger partial charge in [-0.05, 0) is 61.9 Å². The van der Waals surface area contributed by atoms with Gasteiger partial charge in [-0.1, -0.05) is 11.6 Å². The molecule has 2 aromatic carbocycles. The van der Waals surface area contributed by atoms with Crippen LogP contribution in [-0.2, 0) is 4.79 Å². The molecule has 0 aliphatic heterocycles. The minimum absolute atomic E-state index is 0.0116. The fourth-order valence-corrected chi connectivity index (χ4v) is 2.12. The molecule has 0 saturated heterocycles. The molecule has 1 N–H and O–H groups in total. The summed E-state index contributed by atoms with van der Waals surface area (Å²) in [5, 5.41) is 3.38. The number of ketones is 1. The monoisotopic (exact) mass is 317 g/mol. The van der Waals surface area contributed by atoms with Crippen molar-refractivity contribution >= 4 is 29.0 Å². The Hall–Kier alpha value is -2.33. The zero-order chi connectivity index (χ0) is 16.1. The Balaban J connectivity index is 1.91. The summed E-state index contributed by atoms with van der Waals surface area (Å²) in [5.74, 6) is 0.261. The Labute approximate surface area is 134 Å². The normalized spacial score (nSPS) is 10.1. The van der Waals surface area contributed by atoms with Crippen molar-refractivity contribution < 1.29 is 14.3 Å². The molecule has 0 unspecified atom stereocenters. The van der Waals surface area contributed by atoms with Gasteiger partial charge in [0, 0.05) is 16.3 Å². The third-order valence-electron chi connectivity index (χ3n) is 3.09. The average molecular weight is 318 g/mol. The molecule has 0 saturated carbocycles. The Morgan fingerprint density at radius 3 is 2.41 bits per heavy atom. The molecule has 0 aromatic heterocycles. The highest BCUT2D eigenvalue weighted by Gasteiger charge is 2.07. The molecule has 0 bridgehead atoms. The summed E-state index contributed by atoms with van der Waals surface area (Å²) < 4.78 is 5.39. The van der Waals surface area contributed by atoms with Gasteiger partial charge in [0.2, 0.25) is 0 Å². The summed E-state index contributed by atoms with van der Waals surface area (Å²) in [6.07, 6.45) is 0. The number of aryl methyl sites for hydroxylation is 1. The van der Waals surface area contributed by atoms with Crippen molar-refractivity contribution in [3.05, 3.63) is 58.6 Å². The predicted molar refractivity (Wildman–Crippen MR) is 86.8 cm³/mol. The molecule has 0 aliphatic carbocycles. The number of ether oxygens (including phenoxy) is 1. The lowest BCUT2D eigenvalue weighted by Crippen LogP contribution is -2.20. The molecule has 114 valence electrons. The molecule has 0 fully saturated rings. The first-order chi connectivity index (χ1) is 10.5. The number of anilines is 1. The molecular formula is C17H16ClNO3. The van der Waals surface area contributed by atoms with E-state index in [2.05, 4.69) is 5.32 Å². The molecule has 2 rings (SSSR count). The number of Topliss-reactive ketones (excluding diaryl/α,β-unsaturated/α-hetero) is 1. The molecule has 0 heterocycles. The Bertz CT molecular complexity index is 696. The highest BCUT2D eigenvalue weighted by Crippen LogP contribution is 2.19. The van der Waals surface area contributed by atoms with Crippen molar-refractivity contribution in [2.45, 2.75) is 13.8 Å². The predicted octanol–water partition coefficient (Wildman–Crippen LogP) is 3.87. The van der Waals surface area contributed by atoms with E-state index in [0.29, 0.717) is 22.0 Å². The van der Waals surface area contributed by atoms with Crippen LogP contribution in [0.5, 0.6) is 5.75 Å². The summed E-state index contributed by atoms with van der Waals surface area (Å²) in [6.45, 7) is 3.25. The third-order valence-corrected chi connectivity index (χ3v) is 3.33. The van der Waals surface area contributed by atoms with Gasteiger partial charge in [0.1, 0.15) is 5.75 Å². The second-order valence-electron chi connectivity index (χ2n) is 4.88. The van der Waals surface area contributed by atoms with E-state index in [0.717, 1.165) is 5.56 Å². The number of hydrogen-bond donors (Lipinski definition) is 1. The second kappa shape index (κ2) is 7.09.